The number of allylic oxidation sites excluding steroid dienone is 2. The summed E-state index contributed by atoms with van der Waals surface area (Å²) in [5.41, 5.74) is 0.821. The maximum atomic E-state index is 10.5. The zero-order valence-corrected chi connectivity index (χ0v) is 5.39. The number of hydrogen-bond donors (Lipinski definition) is 0. The Morgan fingerprint density at radius 3 is 2.67 bits per heavy atom. The number of Topliss-reactive ketones (excluding diaryl/α,β-unsaturated/α-hetero) is 1. The molecule has 0 atom stereocenters. The fourth-order valence-electron chi connectivity index (χ4n) is 1.06. The van der Waals surface area contributed by atoms with Crippen LogP contribution in [0.15, 0.2) is 11.6 Å². The van der Waals surface area contributed by atoms with Gasteiger partial charge in [-0.2, -0.15) is 0 Å². The molecule has 1 aliphatic carbocycles. The summed E-state index contributed by atoms with van der Waals surface area (Å²) in [6, 6.07) is 0. The second-order valence-corrected chi connectivity index (χ2v) is 2.34. The van der Waals surface area contributed by atoms with Crippen molar-refractivity contribution in [2.45, 2.75) is 25.7 Å². The molecular weight excluding hydrogens is 112 g/mol. The van der Waals surface area contributed by atoms with Crippen LogP contribution in [0.5, 0.6) is 0 Å². The molecule has 0 bridgehead atoms. The minimum Gasteiger partial charge on any atom is -0.294 e. The maximum Gasteiger partial charge on any atom is 0.163 e. The average molecular weight is 122 g/mol. The fraction of sp³-hybridized carbons (Fsp3) is 0.500. The van der Waals surface area contributed by atoms with Crippen molar-refractivity contribution in [1.82, 2.24) is 0 Å². The van der Waals surface area contributed by atoms with E-state index in [4.69, 9.17) is 6.92 Å². The SMILES string of the molecule is [CH]C(=O)C1=CCCCC1. The van der Waals surface area contributed by atoms with Crippen LogP contribution in [0.4, 0.5) is 0 Å². The number of hydrogen-bond acceptors (Lipinski definition) is 1. The molecule has 0 N–H and O–H groups in total. The van der Waals surface area contributed by atoms with Crippen LogP contribution in [0, 0.1) is 6.92 Å². The topological polar surface area (TPSA) is 17.1 Å². The van der Waals surface area contributed by atoms with Crippen LogP contribution in [0.1, 0.15) is 25.7 Å². The summed E-state index contributed by atoms with van der Waals surface area (Å²) in [7, 11) is 0. The Morgan fingerprint density at radius 1 is 1.56 bits per heavy atom. The van der Waals surface area contributed by atoms with Gasteiger partial charge in [0.1, 0.15) is 0 Å². The molecule has 0 saturated carbocycles. The average Bonchev–Trinajstić information content (AvgIpc) is 1.90. The van der Waals surface area contributed by atoms with Gasteiger partial charge < -0.3 is 0 Å². The van der Waals surface area contributed by atoms with Crippen molar-refractivity contribution in [2.75, 3.05) is 0 Å². The first-order valence-corrected chi connectivity index (χ1v) is 3.29. The standard InChI is InChI=1S/C8H10O/c1-7(9)8-5-3-2-4-6-8/h1,5H,2-4,6H2. The molecule has 0 heterocycles. The van der Waals surface area contributed by atoms with Crippen LogP contribution >= 0.6 is 0 Å². The Kier molecular flexibility index (Phi) is 2.04. The molecule has 0 aromatic heterocycles. The highest BCUT2D eigenvalue weighted by molar-refractivity contribution is 5.98. The second kappa shape index (κ2) is 2.81. The summed E-state index contributed by atoms with van der Waals surface area (Å²) in [5.74, 6) is -0.241. The van der Waals surface area contributed by atoms with Crippen molar-refractivity contribution < 1.29 is 4.79 Å². The third-order valence-electron chi connectivity index (χ3n) is 1.61. The minimum absolute atomic E-state index is 0.241. The Labute approximate surface area is 55.8 Å². The normalized spacial score (nSPS) is 19.0. The zero-order chi connectivity index (χ0) is 6.69. The van der Waals surface area contributed by atoms with Crippen LogP contribution in [0.2, 0.25) is 0 Å². The van der Waals surface area contributed by atoms with Crippen molar-refractivity contribution in [3.8, 4) is 0 Å². The molecule has 1 aliphatic rings. The van der Waals surface area contributed by atoms with Gasteiger partial charge in [-0.25, -0.2) is 0 Å². The van der Waals surface area contributed by atoms with E-state index >= 15 is 0 Å². The summed E-state index contributed by atoms with van der Waals surface area (Å²) < 4.78 is 0. The summed E-state index contributed by atoms with van der Waals surface area (Å²) in [6.07, 6.45) is 6.19. The smallest absolute Gasteiger partial charge is 0.163 e. The summed E-state index contributed by atoms with van der Waals surface area (Å²) in [6.45, 7) is 5.06. The molecule has 2 radical (unpaired) electrons. The maximum absolute atomic E-state index is 10.5. The first kappa shape index (κ1) is 6.53. The van der Waals surface area contributed by atoms with E-state index in [1.54, 1.807) is 0 Å². The van der Waals surface area contributed by atoms with Gasteiger partial charge in [-0.3, -0.25) is 4.79 Å². The van der Waals surface area contributed by atoms with Crippen LogP contribution in [0.3, 0.4) is 0 Å². The molecule has 1 heteroatoms. The van der Waals surface area contributed by atoms with Crippen molar-refractivity contribution in [2.24, 2.45) is 0 Å². The van der Waals surface area contributed by atoms with E-state index in [1.165, 1.54) is 6.42 Å². The van der Waals surface area contributed by atoms with Gasteiger partial charge in [0, 0.05) is 6.92 Å². The lowest BCUT2D eigenvalue weighted by Gasteiger charge is -2.07. The highest BCUT2D eigenvalue weighted by atomic mass is 16.1. The van der Waals surface area contributed by atoms with Gasteiger partial charge in [0.2, 0.25) is 0 Å². The molecule has 0 spiro atoms. The molecule has 0 fully saturated rings. The van der Waals surface area contributed by atoms with Crippen LogP contribution in [-0.2, 0) is 4.79 Å². The molecular formula is C8H10O. The molecule has 9 heavy (non-hydrogen) atoms. The molecule has 0 saturated heterocycles. The van der Waals surface area contributed by atoms with Gasteiger partial charge in [0.15, 0.2) is 5.78 Å². The molecule has 0 unspecified atom stereocenters. The van der Waals surface area contributed by atoms with E-state index in [2.05, 4.69) is 0 Å². The lowest BCUT2D eigenvalue weighted by molar-refractivity contribution is -0.111. The van der Waals surface area contributed by atoms with E-state index < -0.39 is 0 Å². The number of ketones is 1. The highest BCUT2D eigenvalue weighted by Gasteiger charge is 2.06. The largest absolute Gasteiger partial charge is 0.294 e. The number of carbonyl (C=O) groups is 1. The summed E-state index contributed by atoms with van der Waals surface area (Å²) in [4.78, 5) is 10.5. The molecule has 0 aliphatic heterocycles. The summed E-state index contributed by atoms with van der Waals surface area (Å²) >= 11 is 0. The Balaban J connectivity index is 2.57. The van der Waals surface area contributed by atoms with Gasteiger partial charge in [0.05, 0.1) is 0 Å². The Bertz CT molecular complexity index is 145. The third kappa shape index (κ3) is 1.67. The second-order valence-electron chi connectivity index (χ2n) is 2.34. The molecule has 0 aromatic rings. The lowest BCUT2D eigenvalue weighted by atomic mass is 9.97. The fourth-order valence-corrected chi connectivity index (χ4v) is 1.06. The highest BCUT2D eigenvalue weighted by Crippen LogP contribution is 2.17. The van der Waals surface area contributed by atoms with Crippen molar-refractivity contribution in [3.05, 3.63) is 18.6 Å². The van der Waals surface area contributed by atoms with Gasteiger partial charge >= 0.3 is 0 Å². The summed E-state index contributed by atoms with van der Waals surface area (Å²) in [5, 5.41) is 0. The lowest BCUT2D eigenvalue weighted by Crippen LogP contribution is -2.00. The molecule has 0 amide bonds. The Morgan fingerprint density at radius 2 is 2.33 bits per heavy atom. The third-order valence-corrected chi connectivity index (χ3v) is 1.61. The van der Waals surface area contributed by atoms with E-state index in [0.717, 1.165) is 24.8 Å². The van der Waals surface area contributed by atoms with Gasteiger partial charge in [0.25, 0.3) is 0 Å². The number of rotatable bonds is 1. The van der Waals surface area contributed by atoms with Crippen LogP contribution in [0.25, 0.3) is 0 Å². The first-order chi connectivity index (χ1) is 4.30. The van der Waals surface area contributed by atoms with Crippen molar-refractivity contribution in [1.29, 1.82) is 0 Å². The van der Waals surface area contributed by atoms with E-state index in [9.17, 15) is 4.79 Å². The van der Waals surface area contributed by atoms with Crippen LogP contribution < -0.4 is 0 Å². The van der Waals surface area contributed by atoms with E-state index in [-0.39, 0.29) is 5.78 Å². The quantitative estimate of drug-likeness (QED) is 0.518. The Hall–Kier alpha value is -0.590. The van der Waals surface area contributed by atoms with Crippen LogP contribution in [-0.4, -0.2) is 5.78 Å². The van der Waals surface area contributed by atoms with Crippen molar-refractivity contribution in [3.63, 3.8) is 0 Å². The number of carbonyl (C=O) groups excluding carboxylic acids is 1. The minimum atomic E-state index is -0.241. The monoisotopic (exact) mass is 122 g/mol. The molecule has 48 valence electrons. The van der Waals surface area contributed by atoms with E-state index in [1.807, 2.05) is 6.08 Å². The molecule has 1 rings (SSSR count). The van der Waals surface area contributed by atoms with Gasteiger partial charge in [-0.1, -0.05) is 6.08 Å². The molecule has 1 nitrogen and oxygen atoms in total. The zero-order valence-electron chi connectivity index (χ0n) is 5.39. The first-order valence-electron chi connectivity index (χ1n) is 3.29. The van der Waals surface area contributed by atoms with E-state index in [0.29, 0.717) is 0 Å². The predicted molar refractivity (Wildman–Crippen MR) is 35.9 cm³/mol. The van der Waals surface area contributed by atoms with Gasteiger partial charge in [-0.05, 0) is 31.3 Å². The van der Waals surface area contributed by atoms with Crippen molar-refractivity contribution >= 4 is 5.78 Å². The molecule has 0 aromatic carbocycles. The van der Waals surface area contributed by atoms with Gasteiger partial charge in [-0.15, -0.1) is 0 Å². The predicted octanol–water partition coefficient (Wildman–Crippen LogP) is 1.77.